The summed E-state index contributed by atoms with van der Waals surface area (Å²) in [5.74, 6) is 3.16. The Labute approximate surface area is 151 Å². The molecule has 0 radical (unpaired) electrons. The van der Waals surface area contributed by atoms with Crippen LogP contribution in [0.15, 0.2) is 49.6 Å². The lowest BCUT2D eigenvalue weighted by Gasteiger charge is -2.22. The molecule has 26 heavy (non-hydrogen) atoms. The molecule has 2 aliphatic heterocycles. The van der Waals surface area contributed by atoms with Crippen LogP contribution in [0.1, 0.15) is 5.56 Å². The average Bonchev–Trinajstić information content (AvgIpc) is 3.39. The summed E-state index contributed by atoms with van der Waals surface area (Å²) in [6, 6.07) is 3.92. The van der Waals surface area contributed by atoms with Crippen LogP contribution in [0.3, 0.4) is 0 Å². The molecule has 0 bridgehead atoms. The Balaban J connectivity index is 1.25. The highest BCUT2D eigenvalue weighted by Crippen LogP contribution is 2.34. The molecule has 2 unspecified atom stereocenters. The Bertz CT molecular complexity index is 852. The fourth-order valence-corrected chi connectivity index (χ4v) is 4.12. The third-order valence-corrected chi connectivity index (χ3v) is 5.28. The maximum Gasteiger partial charge on any atom is 0.158 e. The first-order valence-corrected chi connectivity index (χ1v) is 8.88. The fraction of sp³-hybridized carbons (Fsp3) is 0.389. The van der Waals surface area contributed by atoms with E-state index >= 15 is 0 Å². The van der Waals surface area contributed by atoms with Gasteiger partial charge in [0.1, 0.15) is 18.5 Å². The molecule has 0 saturated carbocycles. The molecule has 0 N–H and O–H groups in total. The molecule has 0 spiro atoms. The van der Waals surface area contributed by atoms with E-state index in [1.54, 1.807) is 23.5 Å². The third-order valence-electron chi connectivity index (χ3n) is 5.28. The normalized spacial score (nSPS) is 22.7. The van der Waals surface area contributed by atoms with Crippen LogP contribution in [0.2, 0.25) is 0 Å². The summed E-state index contributed by atoms with van der Waals surface area (Å²) in [6.45, 7) is 5.26. The van der Waals surface area contributed by atoms with Crippen molar-refractivity contribution in [3.05, 3.63) is 55.1 Å². The van der Waals surface area contributed by atoms with Crippen molar-refractivity contribution in [2.75, 3.05) is 31.1 Å². The van der Waals surface area contributed by atoms with Gasteiger partial charge in [0.15, 0.2) is 5.82 Å². The predicted molar refractivity (Wildman–Crippen MR) is 95.7 cm³/mol. The van der Waals surface area contributed by atoms with Crippen LogP contribution in [0, 0.1) is 11.8 Å². The number of likely N-dealkylation sites (tertiary alicyclic amines) is 1. The molecule has 2 aliphatic rings. The smallest absolute Gasteiger partial charge is 0.158 e. The van der Waals surface area contributed by atoms with Gasteiger partial charge < -0.3 is 4.90 Å². The minimum atomic E-state index is 0.683. The molecule has 3 aromatic heterocycles. The summed E-state index contributed by atoms with van der Waals surface area (Å²) in [7, 11) is 0. The molecule has 8 heteroatoms. The maximum absolute atomic E-state index is 4.49. The second kappa shape index (κ2) is 6.45. The van der Waals surface area contributed by atoms with Crippen molar-refractivity contribution in [2.24, 2.45) is 11.8 Å². The largest absolute Gasteiger partial charge is 0.356 e. The highest BCUT2D eigenvalue weighted by Gasteiger charge is 2.40. The third kappa shape index (κ3) is 2.92. The van der Waals surface area contributed by atoms with Gasteiger partial charge in [0.05, 0.1) is 0 Å². The maximum atomic E-state index is 4.49. The first-order valence-electron chi connectivity index (χ1n) is 8.88. The quantitative estimate of drug-likeness (QED) is 0.697. The molecular formula is C18H20N8. The number of hydrogen-bond acceptors (Lipinski definition) is 7. The zero-order chi connectivity index (χ0) is 17.3. The summed E-state index contributed by atoms with van der Waals surface area (Å²) < 4.78 is 1.77. The standard InChI is InChI=1S/C18H20N8/c1-2-23-26(3-1)18-4-17(21-13-22-18)25-10-15-8-24(9-16(15)11-25)7-14-5-19-12-20-6-14/h1-6,12-13,15-16H,7-11H2. The molecule has 3 aromatic rings. The molecule has 0 aromatic carbocycles. The Morgan fingerprint density at radius 1 is 0.923 bits per heavy atom. The predicted octanol–water partition coefficient (Wildman–Crippen LogP) is 1.02. The van der Waals surface area contributed by atoms with Gasteiger partial charge >= 0.3 is 0 Å². The lowest BCUT2D eigenvalue weighted by atomic mass is 10.0. The zero-order valence-electron chi connectivity index (χ0n) is 14.4. The van der Waals surface area contributed by atoms with Gasteiger partial charge in [-0.3, -0.25) is 4.90 Å². The highest BCUT2D eigenvalue weighted by molar-refractivity contribution is 5.44. The second-order valence-electron chi connectivity index (χ2n) is 7.05. The monoisotopic (exact) mass is 348 g/mol. The van der Waals surface area contributed by atoms with E-state index in [9.17, 15) is 0 Å². The average molecular weight is 348 g/mol. The molecule has 8 nitrogen and oxygen atoms in total. The zero-order valence-corrected chi connectivity index (χ0v) is 14.4. The highest BCUT2D eigenvalue weighted by atomic mass is 15.3. The Morgan fingerprint density at radius 3 is 2.42 bits per heavy atom. The van der Waals surface area contributed by atoms with Crippen molar-refractivity contribution < 1.29 is 0 Å². The number of rotatable bonds is 4. The molecule has 0 amide bonds. The van der Waals surface area contributed by atoms with Crippen LogP contribution < -0.4 is 4.90 Å². The van der Waals surface area contributed by atoms with Gasteiger partial charge in [-0.1, -0.05) is 0 Å². The molecule has 2 atom stereocenters. The van der Waals surface area contributed by atoms with Crippen molar-refractivity contribution in [3.8, 4) is 5.82 Å². The Hall–Kier alpha value is -2.87. The summed E-state index contributed by atoms with van der Waals surface area (Å²) >= 11 is 0. The Morgan fingerprint density at radius 2 is 1.69 bits per heavy atom. The second-order valence-corrected chi connectivity index (χ2v) is 7.05. The molecule has 132 valence electrons. The van der Waals surface area contributed by atoms with Gasteiger partial charge in [-0.05, 0) is 17.9 Å². The summed E-state index contributed by atoms with van der Waals surface area (Å²) in [6.07, 6.45) is 10.7. The Kier molecular flexibility index (Phi) is 3.82. The molecule has 5 heterocycles. The van der Waals surface area contributed by atoms with Gasteiger partial charge in [-0.2, -0.15) is 5.10 Å². The fourth-order valence-electron chi connectivity index (χ4n) is 4.12. The van der Waals surface area contributed by atoms with Crippen LogP contribution in [0.25, 0.3) is 5.82 Å². The number of fused-ring (bicyclic) bond motifs is 1. The van der Waals surface area contributed by atoms with E-state index in [4.69, 9.17) is 0 Å². The number of nitrogens with zero attached hydrogens (tertiary/aromatic N) is 8. The van der Waals surface area contributed by atoms with Gasteiger partial charge in [0.25, 0.3) is 0 Å². The number of hydrogen-bond donors (Lipinski definition) is 0. The minimum Gasteiger partial charge on any atom is -0.356 e. The molecule has 2 fully saturated rings. The van der Waals surface area contributed by atoms with E-state index < -0.39 is 0 Å². The van der Waals surface area contributed by atoms with E-state index in [-0.39, 0.29) is 0 Å². The van der Waals surface area contributed by atoms with E-state index in [0.29, 0.717) is 11.8 Å². The molecule has 5 rings (SSSR count). The molecular weight excluding hydrogens is 328 g/mol. The first kappa shape index (κ1) is 15.4. The number of aromatic nitrogens is 6. The van der Waals surface area contributed by atoms with Crippen LogP contribution in [0.5, 0.6) is 0 Å². The van der Waals surface area contributed by atoms with Gasteiger partial charge in [-0.25, -0.2) is 24.6 Å². The SMILES string of the molecule is c1cnn(-c2cc(N3CC4CN(Cc5cncnc5)CC4C3)ncn2)c1. The van der Waals surface area contributed by atoms with Crippen LogP contribution in [-0.2, 0) is 6.54 Å². The van der Waals surface area contributed by atoms with Gasteiger partial charge in [0, 0.05) is 69.1 Å². The first-order chi connectivity index (χ1) is 12.8. The van der Waals surface area contributed by atoms with E-state index in [0.717, 1.165) is 44.4 Å². The van der Waals surface area contributed by atoms with E-state index in [1.165, 1.54) is 5.56 Å². The summed E-state index contributed by atoms with van der Waals surface area (Å²) in [4.78, 5) is 21.9. The summed E-state index contributed by atoms with van der Waals surface area (Å²) in [5, 5.41) is 4.25. The lowest BCUT2D eigenvalue weighted by Crippen LogP contribution is -2.29. The van der Waals surface area contributed by atoms with E-state index in [2.05, 4.69) is 34.8 Å². The minimum absolute atomic E-state index is 0.683. The van der Waals surface area contributed by atoms with Crippen LogP contribution >= 0.6 is 0 Å². The van der Waals surface area contributed by atoms with Gasteiger partial charge in [-0.15, -0.1) is 0 Å². The van der Waals surface area contributed by atoms with Crippen LogP contribution in [0.4, 0.5) is 5.82 Å². The van der Waals surface area contributed by atoms with Crippen molar-refractivity contribution in [1.82, 2.24) is 34.6 Å². The van der Waals surface area contributed by atoms with Crippen LogP contribution in [-0.4, -0.2) is 60.8 Å². The van der Waals surface area contributed by atoms with Crippen molar-refractivity contribution in [1.29, 1.82) is 0 Å². The van der Waals surface area contributed by atoms with Gasteiger partial charge in [0.2, 0.25) is 0 Å². The molecule has 0 aliphatic carbocycles. The lowest BCUT2D eigenvalue weighted by molar-refractivity contribution is 0.308. The topological polar surface area (TPSA) is 75.9 Å². The van der Waals surface area contributed by atoms with Crippen molar-refractivity contribution >= 4 is 5.82 Å². The number of anilines is 1. The molecule has 2 saturated heterocycles. The van der Waals surface area contributed by atoms with Crippen molar-refractivity contribution in [3.63, 3.8) is 0 Å². The summed E-state index contributed by atoms with van der Waals surface area (Å²) in [5.41, 5.74) is 1.18. The van der Waals surface area contributed by atoms with Crippen molar-refractivity contribution in [2.45, 2.75) is 6.54 Å². The van der Waals surface area contributed by atoms with E-state index in [1.807, 2.05) is 30.7 Å².